The van der Waals surface area contributed by atoms with Gasteiger partial charge in [0.15, 0.2) is 5.78 Å². The molecule has 0 aliphatic carbocycles. The lowest BCUT2D eigenvalue weighted by Crippen LogP contribution is -2.21. The minimum absolute atomic E-state index is 0.0331. The number of hydrogen-bond acceptors (Lipinski definition) is 3. The van der Waals surface area contributed by atoms with Gasteiger partial charge in [0.25, 0.3) is 0 Å². The Kier molecular flexibility index (Phi) is 3.03. The zero-order valence-corrected chi connectivity index (χ0v) is 9.50. The van der Waals surface area contributed by atoms with E-state index < -0.39 is 5.41 Å². The van der Waals surface area contributed by atoms with Crippen LogP contribution >= 0.6 is 0 Å². The maximum atomic E-state index is 12.0. The SMILES string of the molecule is COc1cccc(O)c1C(=O)C(C)(C)C. The number of carbonyl (C=O) groups excluding carboxylic acids is 1. The Balaban J connectivity index is 3.30. The molecule has 15 heavy (non-hydrogen) atoms. The van der Waals surface area contributed by atoms with Crippen molar-refractivity contribution in [2.45, 2.75) is 20.8 Å². The molecule has 1 aromatic carbocycles. The number of ketones is 1. The summed E-state index contributed by atoms with van der Waals surface area (Å²) in [6.07, 6.45) is 0. The Morgan fingerprint density at radius 1 is 1.33 bits per heavy atom. The summed E-state index contributed by atoms with van der Waals surface area (Å²) in [6.45, 7) is 5.42. The Morgan fingerprint density at radius 2 is 1.93 bits per heavy atom. The van der Waals surface area contributed by atoms with Crippen LogP contribution in [0.15, 0.2) is 18.2 Å². The van der Waals surface area contributed by atoms with Crippen molar-refractivity contribution in [2.24, 2.45) is 5.41 Å². The predicted molar refractivity (Wildman–Crippen MR) is 58.4 cm³/mol. The molecule has 3 heteroatoms. The average molecular weight is 208 g/mol. The summed E-state index contributed by atoms with van der Waals surface area (Å²) in [5.41, 5.74) is -0.279. The fourth-order valence-corrected chi connectivity index (χ4v) is 1.29. The molecule has 0 radical (unpaired) electrons. The Morgan fingerprint density at radius 3 is 2.40 bits per heavy atom. The summed E-state index contributed by atoms with van der Waals surface area (Å²) < 4.78 is 5.06. The Bertz CT molecular complexity index is 375. The number of phenolic OH excluding ortho intramolecular Hbond substituents is 1. The molecule has 1 N–H and O–H groups in total. The molecule has 0 aliphatic rings. The normalized spacial score (nSPS) is 11.2. The van der Waals surface area contributed by atoms with Crippen molar-refractivity contribution in [3.05, 3.63) is 23.8 Å². The smallest absolute Gasteiger partial charge is 0.175 e. The summed E-state index contributed by atoms with van der Waals surface area (Å²) in [5.74, 6) is 0.252. The second-order valence-electron chi connectivity index (χ2n) is 4.43. The number of methoxy groups -OCH3 is 1. The first-order valence-electron chi connectivity index (χ1n) is 4.78. The maximum absolute atomic E-state index is 12.0. The second kappa shape index (κ2) is 3.93. The van der Waals surface area contributed by atoms with E-state index in [2.05, 4.69) is 0 Å². The average Bonchev–Trinajstić information content (AvgIpc) is 2.15. The van der Waals surface area contributed by atoms with Crippen LogP contribution in [-0.4, -0.2) is 18.0 Å². The van der Waals surface area contributed by atoms with E-state index in [9.17, 15) is 9.90 Å². The molecule has 1 rings (SSSR count). The predicted octanol–water partition coefficient (Wildman–Crippen LogP) is 2.63. The van der Waals surface area contributed by atoms with Gasteiger partial charge in [0.2, 0.25) is 0 Å². The quantitative estimate of drug-likeness (QED) is 0.760. The zero-order valence-electron chi connectivity index (χ0n) is 9.50. The lowest BCUT2D eigenvalue weighted by atomic mass is 9.86. The van der Waals surface area contributed by atoms with Gasteiger partial charge in [-0.05, 0) is 12.1 Å². The number of Topliss-reactive ketones (excluding diaryl/α,β-unsaturated/α-hetero) is 1. The number of ether oxygens (including phenoxy) is 1. The minimum atomic E-state index is -0.536. The molecular formula is C12H16O3. The highest BCUT2D eigenvalue weighted by molar-refractivity contribution is 6.04. The lowest BCUT2D eigenvalue weighted by Gasteiger charge is -2.19. The fourth-order valence-electron chi connectivity index (χ4n) is 1.29. The molecule has 0 bridgehead atoms. The number of phenols is 1. The van der Waals surface area contributed by atoms with Crippen LogP contribution in [0.25, 0.3) is 0 Å². The van der Waals surface area contributed by atoms with Gasteiger partial charge in [-0.25, -0.2) is 0 Å². The molecule has 0 spiro atoms. The van der Waals surface area contributed by atoms with Gasteiger partial charge in [-0.3, -0.25) is 4.79 Å². The van der Waals surface area contributed by atoms with Crippen LogP contribution in [0, 0.1) is 5.41 Å². The first-order valence-corrected chi connectivity index (χ1v) is 4.78. The summed E-state index contributed by atoms with van der Waals surface area (Å²) in [5, 5.41) is 9.66. The number of aromatic hydroxyl groups is 1. The molecule has 82 valence electrons. The van der Waals surface area contributed by atoms with Gasteiger partial charge in [-0.1, -0.05) is 26.8 Å². The molecule has 0 saturated heterocycles. The standard InChI is InChI=1S/C12H16O3/c1-12(2,3)11(14)10-8(13)6-5-7-9(10)15-4/h5-7,13H,1-4H3. The zero-order chi connectivity index (χ0) is 11.6. The van der Waals surface area contributed by atoms with Gasteiger partial charge in [0.05, 0.1) is 7.11 Å². The minimum Gasteiger partial charge on any atom is -0.507 e. The van der Waals surface area contributed by atoms with Crippen LogP contribution in [-0.2, 0) is 0 Å². The van der Waals surface area contributed by atoms with Crippen LogP contribution in [0.5, 0.6) is 11.5 Å². The van der Waals surface area contributed by atoms with Gasteiger partial charge in [0.1, 0.15) is 17.1 Å². The van der Waals surface area contributed by atoms with E-state index in [1.54, 1.807) is 32.9 Å². The molecule has 0 unspecified atom stereocenters. The van der Waals surface area contributed by atoms with E-state index in [0.717, 1.165) is 0 Å². The van der Waals surface area contributed by atoms with E-state index in [4.69, 9.17) is 4.74 Å². The van der Waals surface area contributed by atoms with Crippen molar-refractivity contribution < 1.29 is 14.6 Å². The van der Waals surface area contributed by atoms with Gasteiger partial charge in [-0.15, -0.1) is 0 Å². The molecule has 1 aromatic rings. The highest BCUT2D eigenvalue weighted by Crippen LogP contribution is 2.33. The molecule has 0 aromatic heterocycles. The molecule has 0 heterocycles. The highest BCUT2D eigenvalue weighted by atomic mass is 16.5. The third-order valence-corrected chi connectivity index (χ3v) is 2.13. The van der Waals surface area contributed by atoms with E-state index in [-0.39, 0.29) is 17.1 Å². The van der Waals surface area contributed by atoms with Crippen molar-refractivity contribution in [1.82, 2.24) is 0 Å². The summed E-state index contributed by atoms with van der Waals surface area (Å²) in [4.78, 5) is 12.0. The van der Waals surface area contributed by atoms with Crippen molar-refractivity contribution in [3.8, 4) is 11.5 Å². The molecule has 0 atom stereocenters. The van der Waals surface area contributed by atoms with Crippen LogP contribution in [0.3, 0.4) is 0 Å². The van der Waals surface area contributed by atoms with Crippen molar-refractivity contribution in [3.63, 3.8) is 0 Å². The molecule has 3 nitrogen and oxygen atoms in total. The lowest BCUT2D eigenvalue weighted by molar-refractivity contribution is 0.0852. The van der Waals surface area contributed by atoms with E-state index in [0.29, 0.717) is 5.75 Å². The number of benzene rings is 1. The van der Waals surface area contributed by atoms with Gasteiger partial charge in [-0.2, -0.15) is 0 Å². The number of carbonyl (C=O) groups is 1. The molecule has 0 saturated carbocycles. The first kappa shape index (κ1) is 11.6. The largest absolute Gasteiger partial charge is 0.507 e. The monoisotopic (exact) mass is 208 g/mol. The van der Waals surface area contributed by atoms with Crippen molar-refractivity contribution in [1.29, 1.82) is 0 Å². The van der Waals surface area contributed by atoms with Crippen LogP contribution in [0.4, 0.5) is 0 Å². The van der Waals surface area contributed by atoms with Crippen LogP contribution in [0.1, 0.15) is 31.1 Å². The molecule has 0 amide bonds. The highest BCUT2D eigenvalue weighted by Gasteiger charge is 2.28. The van der Waals surface area contributed by atoms with E-state index in [1.165, 1.54) is 13.2 Å². The van der Waals surface area contributed by atoms with Crippen molar-refractivity contribution >= 4 is 5.78 Å². The molecule has 0 fully saturated rings. The van der Waals surface area contributed by atoms with Gasteiger partial charge in [0, 0.05) is 5.41 Å². The summed E-state index contributed by atoms with van der Waals surface area (Å²) in [6, 6.07) is 4.80. The third kappa shape index (κ3) is 2.29. The summed E-state index contributed by atoms with van der Waals surface area (Å²) in [7, 11) is 1.48. The van der Waals surface area contributed by atoms with E-state index in [1.807, 2.05) is 0 Å². The fraction of sp³-hybridized carbons (Fsp3) is 0.417. The number of rotatable bonds is 2. The van der Waals surface area contributed by atoms with Crippen LogP contribution < -0.4 is 4.74 Å². The first-order chi connectivity index (χ1) is 6.88. The second-order valence-corrected chi connectivity index (χ2v) is 4.43. The topological polar surface area (TPSA) is 46.5 Å². The molecular weight excluding hydrogens is 192 g/mol. The van der Waals surface area contributed by atoms with Crippen LogP contribution in [0.2, 0.25) is 0 Å². The van der Waals surface area contributed by atoms with Crippen molar-refractivity contribution in [2.75, 3.05) is 7.11 Å². The third-order valence-electron chi connectivity index (χ3n) is 2.13. The molecule has 0 aliphatic heterocycles. The van der Waals surface area contributed by atoms with Gasteiger partial charge >= 0.3 is 0 Å². The number of hydrogen-bond donors (Lipinski definition) is 1. The Hall–Kier alpha value is -1.51. The maximum Gasteiger partial charge on any atom is 0.175 e. The summed E-state index contributed by atoms with van der Waals surface area (Å²) >= 11 is 0. The van der Waals surface area contributed by atoms with Gasteiger partial charge < -0.3 is 9.84 Å². The Labute approximate surface area is 89.7 Å². The van der Waals surface area contributed by atoms with E-state index >= 15 is 0 Å².